The van der Waals surface area contributed by atoms with E-state index in [2.05, 4.69) is 10.1 Å². The van der Waals surface area contributed by atoms with Crippen molar-refractivity contribution in [3.05, 3.63) is 58.4 Å². The zero-order valence-corrected chi connectivity index (χ0v) is 22.0. The molecule has 2 aromatic carbocycles. The third-order valence-electron chi connectivity index (χ3n) is 7.57. The third kappa shape index (κ3) is 4.71. The minimum atomic E-state index is -4.10. The van der Waals surface area contributed by atoms with Crippen LogP contribution >= 0.6 is 11.6 Å². The maximum Gasteiger partial charge on any atom is 0.420 e. The Bertz CT molecular complexity index is 1470. The summed E-state index contributed by atoms with van der Waals surface area (Å²) in [6.45, 7) is -0.0424. The van der Waals surface area contributed by atoms with Crippen LogP contribution in [0.2, 0.25) is 5.02 Å². The normalized spacial score (nSPS) is 26.0. The van der Waals surface area contributed by atoms with Crippen molar-refractivity contribution in [3.63, 3.8) is 0 Å². The van der Waals surface area contributed by atoms with E-state index in [-0.39, 0.29) is 40.6 Å². The monoisotopic (exact) mass is 586 g/mol. The van der Waals surface area contributed by atoms with Crippen LogP contribution in [0.15, 0.2) is 35.2 Å². The van der Waals surface area contributed by atoms with E-state index in [4.69, 9.17) is 16.3 Å². The lowest BCUT2D eigenvalue weighted by molar-refractivity contribution is 0.00432. The quantitative estimate of drug-likeness (QED) is 0.505. The van der Waals surface area contributed by atoms with Gasteiger partial charge < -0.3 is 14.8 Å². The highest BCUT2D eigenvalue weighted by molar-refractivity contribution is 7.92. The number of halogens is 4. The molecule has 9 nitrogen and oxygen atoms in total. The summed E-state index contributed by atoms with van der Waals surface area (Å²) >= 11 is 6.27. The standard InChI is InChI=1S/C25H22ClF3N2O7S/c1-37-23(33)31-11-25(38-24(31)34)9-13-2-3-14(10-25)21(13)39(35,36)19-6-12(4-5-16(19)26)22(32)30-15-7-17(27)20(29)18(28)8-15/h4-8,13-14,21H,2-3,9-11H2,1H3,(H,30,32)/t13-,14?,21+,25-/m0/s1. The molecule has 2 aromatic rings. The summed E-state index contributed by atoms with van der Waals surface area (Å²) in [6.07, 6.45) is -0.174. The van der Waals surface area contributed by atoms with Crippen LogP contribution in [-0.2, 0) is 19.3 Å². The van der Waals surface area contributed by atoms with Crippen molar-refractivity contribution in [1.82, 2.24) is 4.90 Å². The molecule has 4 atom stereocenters. The highest BCUT2D eigenvalue weighted by atomic mass is 35.5. The maximum atomic E-state index is 13.9. The van der Waals surface area contributed by atoms with Crippen LogP contribution in [0.4, 0.5) is 28.4 Å². The summed E-state index contributed by atoms with van der Waals surface area (Å²) in [5.41, 5.74) is -1.53. The van der Waals surface area contributed by atoms with Gasteiger partial charge in [-0.3, -0.25) is 4.79 Å². The number of fused-ring (bicyclic) bond motifs is 2. The molecule has 2 saturated carbocycles. The second-order valence-corrected chi connectivity index (χ2v) is 12.5. The fourth-order valence-electron chi connectivity index (χ4n) is 6.05. The molecule has 5 rings (SSSR count). The van der Waals surface area contributed by atoms with Crippen molar-refractivity contribution < 1.29 is 45.4 Å². The van der Waals surface area contributed by atoms with Gasteiger partial charge in [0.25, 0.3) is 5.91 Å². The van der Waals surface area contributed by atoms with Gasteiger partial charge in [-0.05, 0) is 55.7 Å². The molecule has 0 aromatic heterocycles. The Hall–Kier alpha value is -3.32. The van der Waals surface area contributed by atoms with Gasteiger partial charge in [0.2, 0.25) is 0 Å². The van der Waals surface area contributed by atoms with Gasteiger partial charge in [0.15, 0.2) is 27.3 Å². The third-order valence-corrected chi connectivity index (χ3v) is 10.5. The number of anilines is 1. The highest BCUT2D eigenvalue weighted by Gasteiger charge is 2.60. The Labute approximate surface area is 226 Å². The number of nitrogens with one attached hydrogen (secondary N) is 1. The van der Waals surface area contributed by atoms with Crippen molar-refractivity contribution >= 4 is 45.2 Å². The molecule has 39 heavy (non-hydrogen) atoms. The number of methoxy groups -OCH3 is 1. The minimum absolute atomic E-state index is 0.0424. The molecular weight excluding hydrogens is 565 g/mol. The summed E-state index contributed by atoms with van der Waals surface area (Å²) in [7, 11) is -2.96. The van der Waals surface area contributed by atoms with Gasteiger partial charge in [0, 0.05) is 23.4 Å². The SMILES string of the molecule is COC(=O)N1C[C@]2(CC3CC[C@@H](C2)[C@H]3S(=O)(=O)c2cc(C(=O)Nc3cc(F)c(F)c(F)c3)ccc2Cl)OC1=O. The molecule has 2 bridgehead atoms. The molecule has 1 unspecified atom stereocenters. The second kappa shape index (κ2) is 9.70. The van der Waals surface area contributed by atoms with Crippen molar-refractivity contribution in [1.29, 1.82) is 0 Å². The van der Waals surface area contributed by atoms with Crippen molar-refractivity contribution in [3.8, 4) is 0 Å². The van der Waals surface area contributed by atoms with Gasteiger partial charge in [-0.2, -0.15) is 0 Å². The van der Waals surface area contributed by atoms with Gasteiger partial charge in [-0.25, -0.2) is 36.1 Å². The number of benzene rings is 2. The lowest BCUT2D eigenvalue weighted by atomic mass is 9.77. The van der Waals surface area contributed by atoms with Crippen LogP contribution in [0.5, 0.6) is 0 Å². The van der Waals surface area contributed by atoms with Crippen molar-refractivity contribution in [2.45, 2.75) is 41.4 Å². The molecule has 3 amide bonds. The summed E-state index contributed by atoms with van der Waals surface area (Å²) in [5.74, 6) is -6.39. The molecule has 1 heterocycles. The van der Waals surface area contributed by atoms with Crippen LogP contribution in [-0.4, -0.2) is 55.9 Å². The Balaban J connectivity index is 1.39. The van der Waals surface area contributed by atoms with E-state index >= 15 is 0 Å². The number of nitrogens with zero attached hydrogens (tertiary/aromatic N) is 1. The van der Waals surface area contributed by atoms with E-state index in [0.29, 0.717) is 25.0 Å². The first-order chi connectivity index (χ1) is 18.3. The number of amides is 3. The van der Waals surface area contributed by atoms with Crippen LogP contribution < -0.4 is 5.32 Å². The molecule has 1 N–H and O–H groups in total. The Morgan fingerprint density at radius 2 is 1.72 bits per heavy atom. The smallest absolute Gasteiger partial charge is 0.420 e. The minimum Gasteiger partial charge on any atom is -0.452 e. The van der Waals surface area contributed by atoms with E-state index in [1.165, 1.54) is 12.1 Å². The van der Waals surface area contributed by atoms with Crippen LogP contribution in [0, 0.1) is 29.3 Å². The molecular formula is C25H22ClF3N2O7S. The number of rotatable bonds is 4. The lowest BCUT2D eigenvalue weighted by Crippen LogP contribution is -2.48. The lowest BCUT2D eigenvalue weighted by Gasteiger charge is -2.40. The molecule has 1 aliphatic heterocycles. The molecule has 0 radical (unpaired) electrons. The second-order valence-electron chi connectivity index (χ2n) is 9.98. The number of carbonyl (C=O) groups is 3. The molecule has 14 heteroatoms. The van der Waals surface area contributed by atoms with Crippen LogP contribution in [0.1, 0.15) is 36.0 Å². The number of hydrogen-bond donors (Lipinski definition) is 1. The fourth-order valence-corrected chi connectivity index (χ4v) is 8.89. The number of carbonyl (C=O) groups excluding carboxylic acids is 3. The topological polar surface area (TPSA) is 119 Å². The largest absolute Gasteiger partial charge is 0.452 e. The Morgan fingerprint density at radius 3 is 2.31 bits per heavy atom. The summed E-state index contributed by atoms with van der Waals surface area (Å²) < 4.78 is 78.3. The first-order valence-corrected chi connectivity index (χ1v) is 13.9. The first kappa shape index (κ1) is 27.3. The van der Waals surface area contributed by atoms with Crippen molar-refractivity contribution in [2.75, 3.05) is 19.0 Å². The van der Waals surface area contributed by atoms with Gasteiger partial charge in [-0.15, -0.1) is 0 Å². The first-order valence-electron chi connectivity index (χ1n) is 11.9. The number of imide groups is 1. The Morgan fingerprint density at radius 1 is 1.10 bits per heavy atom. The maximum absolute atomic E-state index is 13.9. The van der Waals surface area contributed by atoms with Crippen molar-refractivity contribution in [2.24, 2.45) is 11.8 Å². The molecule has 3 aliphatic rings. The van der Waals surface area contributed by atoms with E-state index < -0.39 is 68.1 Å². The summed E-state index contributed by atoms with van der Waals surface area (Å²) in [6, 6.07) is 4.75. The van der Waals surface area contributed by atoms with E-state index in [9.17, 15) is 36.0 Å². The fraction of sp³-hybridized carbons (Fsp3) is 0.400. The van der Waals surface area contributed by atoms with Gasteiger partial charge in [-0.1, -0.05) is 11.6 Å². The zero-order valence-electron chi connectivity index (χ0n) is 20.4. The molecule has 2 aliphatic carbocycles. The highest BCUT2D eigenvalue weighted by Crippen LogP contribution is 2.54. The summed E-state index contributed by atoms with van der Waals surface area (Å²) in [5, 5.41) is 1.23. The molecule has 208 valence electrons. The predicted molar refractivity (Wildman–Crippen MR) is 130 cm³/mol. The summed E-state index contributed by atoms with van der Waals surface area (Å²) in [4.78, 5) is 37.5. The predicted octanol–water partition coefficient (Wildman–Crippen LogP) is 4.93. The number of ether oxygens (including phenoxy) is 2. The molecule has 1 spiro atoms. The average Bonchev–Trinajstić information content (AvgIpc) is 3.35. The number of hydrogen-bond acceptors (Lipinski definition) is 7. The van der Waals surface area contributed by atoms with Gasteiger partial charge in [0.05, 0.1) is 28.8 Å². The molecule has 3 fully saturated rings. The van der Waals surface area contributed by atoms with Crippen LogP contribution in [0.3, 0.4) is 0 Å². The molecule has 1 saturated heterocycles. The van der Waals surface area contributed by atoms with Gasteiger partial charge in [0.1, 0.15) is 5.60 Å². The van der Waals surface area contributed by atoms with Gasteiger partial charge >= 0.3 is 12.2 Å². The van der Waals surface area contributed by atoms with Crippen LogP contribution in [0.25, 0.3) is 0 Å². The average molecular weight is 587 g/mol. The number of sulfone groups is 1. The van der Waals surface area contributed by atoms with E-state index in [1.54, 1.807) is 0 Å². The van der Waals surface area contributed by atoms with E-state index in [1.807, 2.05) is 0 Å². The van der Waals surface area contributed by atoms with E-state index in [0.717, 1.165) is 18.1 Å². The Kier molecular flexibility index (Phi) is 6.78. The zero-order chi connectivity index (χ0) is 28.3.